The van der Waals surface area contributed by atoms with Gasteiger partial charge in [0.2, 0.25) is 10.0 Å². The van der Waals surface area contributed by atoms with Gasteiger partial charge in [-0.2, -0.15) is 5.26 Å². The highest BCUT2D eigenvalue weighted by Gasteiger charge is 2.25. The lowest BCUT2D eigenvalue weighted by Crippen LogP contribution is -2.51. The standard InChI is InChI=1S/C16H23N3O3S/c1-13(2)16(19-7-9-22-10-8-19)12-18-23(20,21)15-5-3-14(11-17)4-6-15/h3-6,13,16,18H,7-10,12H2,1-2H3/t16-/m1/s1. The Morgan fingerprint density at radius 1 is 1.26 bits per heavy atom. The van der Waals surface area contributed by atoms with Crippen LogP contribution < -0.4 is 4.72 Å². The quantitative estimate of drug-likeness (QED) is 0.843. The van der Waals surface area contributed by atoms with E-state index in [1.165, 1.54) is 24.3 Å². The smallest absolute Gasteiger partial charge is 0.240 e. The van der Waals surface area contributed by atoms with E-state index in [0.29, 0.717) is 31.2 Å². The predicted octanol–water partition coefficient (Wildman–Crippen LogP) is 1.19. The van der Waals surface area contributed by atoms with E-state index in [4.69, 9.17) is 10.00 Å². The molecule has 23 heavy (non-hydrogen) atoms. The SMILES string of the molecule is CC(C)[C@@H](CNS(=O)(=O)c1ccc(C#N)cc1)N1CCOCC1. The van der Waals surface area contributed by atoms with E-state index in [9.17, 15) is 8.42 Å². The summed E-state index contributed by atoms with van der Waals surface area (Å²) in [5.74, 6) is 0.330. The number of sulfonamides is 1. The van der Waals surface area contributed by atoms with Crippen molar-refractivity contribution in [1.82, 2.24) is 9.62 Å². The van der Waals surface area contributed by atoms with Gasteiger partial charge in [0, 0.05) is 25.7 Å². The zero-order valence-corrected chi connectivity index (χ0v) is 14.3. The second-order valence-corrected chi connectivity index (χ2v) is 7.71. The zero-order chi connectivity index (χ0) is 16.9. The number of hydrogen-bond acceptors (Lipinski definition) is 5. The molecule has 0 bridgehead atoms. The van der Waals surface area contributed by atoms with Crippen LogP contribution >= 0.6 is 0 Å². The van der Waals surface area contributed by atoms with Crippen molar-refractivity contribution in [3.05, 3.63) is 29.8 Å². The number of nitrogens with one attached hydrogen (secondary N) is 1. The van der Waals surface area contributed by atoms with E-state index < -0.39 is 10.0 Å². The molecule has 1 aliphatic heterocycles. The molecular formula is C16H23N3O3S. The van der Waals surface area contributed by atoms with E-state index in [1.54, 1.807) is 0 Å². The maximum absolute atomic E-state index is 12.4. The van der Waals surface area contributed by atoms with Crippen molar-refractivity contribution in [2.75, 3.05) is 32.8 Å². The molecule has 1 aromatic rings. The van der Waals surface area contributed by atoms with Gasteiger partial charge in [0.25, 0.3) is 0 Å². The summed E-state index contributed by atoms with van der Waals surface area (Å²) in [5.41, 5.74) is 0.442. The summed E-state index contributed by atoms with van der Waals surface area (Å²) in [5, 5.41) is 8.78. The van der Waals surface area contributed by atoms with Gasteiger partial charge in [-0.15, -0.1) is 0 Å². The summed E-state index contributed by atoms with van der Waals surface area (Å²) in [7, 11) is -3.57. The first-order chi connectivity index (χ1) is 10.9. The molecule has 0 saturated carbocycles. The molecule has 1 atom stereocenters. The van der Waals surface area contributed by atoms with Crippen LogP contribution in [0.3, 0.4) is 0 Å². The fourth-order valence-electron chi connectivity index (χ4n) is 2.68. The van der Waals surface area contributed by atoms with E-state index in [-0.39, 0.29) is 10.9 Å². The summed E-state index contributed by atoms with van der Waals surface area (Å²) in [4.78, 5) is 2.45. The van der Waals surface area contributed by atoms with Crippen LogP contribution in [0, 0.1) is 17.2 Å². The maximum atomic E-state index is 12.4. The fraction of sp³-hybridized carbons (Fsp3) is 0.562. The van der Waals surface area contributed by atoms with Gasteiger partial charge in [-0.3, -0.25) is 4.90 Å². The largest absolute Gasteiger partial charge is 0.379 e. The number of benzene rings is 1. The summed E-state index contributed by atoms with van der Waals surface area (Å²) in [6, 6.07) is 8.05. The molecule has 1 aromatic carbocycles. The first-order valence-corrected chi connectivity index (χ1v) is 9.24. The highest BCUT2D eigenvalue weighted by Crippen LogP contribution is 2.14. The highest BCUT2D eigenvalue weighted by atomic mass is 32.2. The highest BCUT2D eigenvalue weighted by molar-refractivity contribution is 7.89. The van der Waals surface area contributed by atoms with Crippen LogP contribution in [0.25, 0.3) is 0 Å². The Bertz CT molecular complexity index is 644. The fourth-order valence-corrected chi connectivity index (χ4v) is 3.73. The van der Waals surface area contributed by atoms with Crippen LogP contribution in [0.2, 0.25) is 0 Å². The van der Waals surface area contributed by atoms with Crippen molar-refractivity contribution >= 4 is 10.0 Å². The van der Waals surface area contributed by atoms with Gasteiger partial charge >= 0.3 is 0 Å². The molecule has 0 amide bonds. The van der Waals surface area contributed by atoms with E-state index in [0.717, 1.165) is 13.1 Å². The summed E-state index contributed by atoms with van der Waals surface area (Å²) < 4.78 is 32.9. The van der Waals surface area contributed by atoms with Crippen molar-refractivity contribution < 1.29 is 13.2 Å². The molecule has 2 rings (SSSR count). The van der Waals surface area contributed by atoms with Crippen molar-refractivity contribution in [3.63, 3.8) is 0 Å². The molecule has 1 aliphatic rings. The third-order valence-electron chi connectivity index (χ3n) is 4.06. The van der Waals surface area contributed by atoms with Crippen LogP contribution in [0.1, 0.15) is 19.4 Å². The molecule has 0 spiro atoms. The lowest BCUT2D eigenvalue weighted by molar-refractivity contribution is 0.00776. The van der Waals surface area contributed by atoms with Gasteiger partial charge in [0.05, 0.1) is 29.7 Å². The molecule has 1 saturated heterocycles. The lowest BCUT2D eigenvalue weighted by atomic mass is 10.0. The first kappa shape index (κ1) is 17.9. The van der Waals surface area contributed by atoms with E-state index in [1.807, 2.05) is 6.07 Å². The topological polar surface area (TPSA) is 82.4 Å². The second kappa shape index (κ2) is 7.88. The van der Waals surface area contributed by atoms with Crippen LogP contribution in [0.15, 0.2) is 29.2 Å². The molecule has 0 unspecified atom stereocenters. The molecule has 1 N–H and O–H groups in total. The molecule has 126 valence electrons. The van der Waals surface area contributed by atoms with E-state index in [2.05, 4.69) is 23.5 Å². The second-order valence-electron chi connectivity index (χ2n) is 5.95. The Morgan fingerprint density at radius 2 is 1.87 bits per heavy atom. The Morgan fingerprint density at radius 3 is 2.39 bits per heavy atom. The Labute approximate surface area is 138 Å². The van der Waals surface area contributed by atoms with Gasteiger partial charge in [-0.1, -0.05) is 13.8 Å². The molecular weight excluding hydrogens is 314 g/mol. The van der Waals surface area contributed by atoms with Crippen molar-refractivity contribution in [3.8, 4) is 6.07 Å². The van der Waals surface area contributed by atoms with Crippen LogP contribution in [-0.4, -0.2) is 52.2 Å². The van der Waals surface area contributed by atoms with Gasteiger partial charge in [-0.05, 0) is 30.2 Å². The minimum Gasteiger partial charge on any atom is -0.379 e. The number of morpholine rings is 1. The van der Waals surface area contributed by atoms with Crippen LogP contribution in [0.5, 0.6) is 0 Å². The molecule has 0 aliphatic carbocycles. The molecule has 6 nitrogen and oxygen atoms in total. The normalized spacial score (nSPS) is 17.8. The number of ether oxygens (including phenoxy) is 1. The Balaban J connectivity index is 2.04. The zero-order valence-electron chi connectivity index (χ0n) is 13.5. The predicted molar refractivity (Wildman–Crippen MR) is 87.4 cm³/mol. The Kier molecular flexibility index (Phi) is 6.13. The Hall–Kier alpha value is -1.46. The van der Waals surface area contributed by atoms with Crippen molar-refractivity contribution in [1.29, 1.82) is 5.26 Å². The average molecular weight is 337 g/mol. The van der Waals surface area contributed by atoms with Crippen molar-refractivity contribution in [2.24, 2.45) is 5.92 Å². The first-order valence-electron chi connectivity index (χ1n) is 7.75. The summed E-state index contributed by atoms with van der Waals surface area (Å²) in [6.07, 6.45) is 0. The number of rotatable bonds is 6. The summed E-state index contributed by atoms with van der Waals surface area (Å²) >= 11 is 0. The molecule has 1 fully saturated rings. The third-order valence-corrected chi connectivity index (χ3v) is 5.50. The average Bonchev–Trinajstić information content (AvgIpc) is 2.55. The van der Waals surface area contributed by atoms with Gasteiger partial charge < -0.3 is 4.74 Å². The van der Waals surface area contributed by atoms with Gasteiger partial charge in [-0.25, -0.2) is 13.1 Å². The third kappa shape index (κ3) is 4.75. The van der Waals surface area contributed by atoms with Crippen molar-refractivity contribution in [2.45, 2.75) is 24.8 Å². The molecule has 1 heterocycles. The summed E-state index contributed by atoms with van der Waals surface area (Å²) in [6.45, 7) is 7.56. The van der Waals surface area contributed by atoms with Crippen LogP contribution in [-0.2, 0) is 14.8 Å². The number of nitriles is 1. The van der Waals surface area contributed by atoms with Crippen LogP contribution in [0.4, 0.5) is 0 Å². The monoisotopic (exact) mass is 337 g/mol. The molecule has 7 heteroatoms. The minimum absolute atomic E-state index is 0.132. The molecule has 0 aromatic heterocycles. The lowest BCUT2D eigenvalue weighted by Gasteiger charge is -2.36. The van der Waals surface area contributed by atoms with Gasteiger partial charge in [0.1, 0.15) is 0 Å². The minimum atomic E-state index is -3.57. The van der Waals surface area contributed by atoms with Gasteiger partial charge in [0.15, 0.2) is 0 Å². The number of nitrogens with zero attached hydrogens (tertiary/aromatic N) is 2. The molecule has 0 radical (unpaired) electrons. The van der Waals surface area contributed by atoms with E-state index >= 15 is 0 Å². The number of hydrogen-bond donors (Lipinski definition) is 1. The maximum Gasteiger partial charge on any atom is 0.240 e.